The van der Waals surface area contributed by atoms with Gasteiger partial charge >= 0.3 is 6.09 Å². The zero-order chi connectivity index (χ0) is 25.2. The lowest BCUT2D eigenvalue weighted by molar-refractivity contribution is -0.186. The van der Waals surface area contributed by atoms with E-state index < -0.39 is 23.7 Å². The Hall–Kier alpha value is -1.77. The number of anilines is 1. The SMILES string of the molecule is CSc1cccc(NC(=O)OC2CCC3(C)C(CC(=O)N4CCCC4)C(O)CCC3C2(C)CO)c1. The van der Waals surface area contributed by atoms with Crippen LogP contribution in [0.3, 0.4) is 0 Å². The van der Waals surface area contributed by atoms with Crippen molar-refractivity contribution >= 4 is 29.4 Å². The molecule has 4 rings (SSSR count). The number of aliphatic hydroxyl groups excluding tert-OH is 2. The van der Waals surface area contributed by atoms with Crippen LogP contribution in [0.5, 0.6) is 0 Å². The van der Waals surface area contributed by atoms with Gasteiger partial charge in [0, 0.05) is 35.5 Å². The van der Waals surface area contributed by atoms with Crippen molar-refractivity contribution < 1.29 is 24.5 Å². The molecule has 35 heavy (non-hydrogen) atoms. The Morgan fingerprint density at radius 2 is 1.94 bits per heavy atom. The van der Waals surface area contributed by atoms with E-state index in [1.54, 1.807) is 11.8 Å². The number of hydrogen-bond acceptors (Lipinski definition) is 6. The van der Waals surface area contributed by atoms with Crippen LogP contribution in [0.2, 0.25) is 0 Å². The van der Waals surface area contributed by atoms with Gasteiger partial charge in [-0.05, 0) is 80.2 Å². The highest BCUT2D eigenvalue weighted by Crippen LogP contribution is 2.61. The van der Waals surface area contributed by atoms with E-state index in [0.717, 1.165) is 43.7 Å². The number of aliphatic hydroxyl groups is 2. The average molecular weight is 505 g/mol. The van der Waals surface area contributed by atoms with Gasteiger partial charge in [0.25, 0.3) is 0 Å². The van der Waals surface area contributed by atoms with Crippen LogP contribution in [-0.4, -0.2) is 65.3 Å². The Balaban J connectivity index is 1.49. The number of carbonyl (C=O) groups is 2. The quantitative estimate of drug-likeness (QED) is 0.493. The second kappa shape index (κ2) is 10.7. The summed E-state index contributed by atoms with van der Waals surface area (Å²) >= 11 is 1.60. The maximum absolute atomic E-state index is 13.0. The first-order chi connectivity index (χ1) is 16.7. The molecule has 1 aliphatic heterocycles. The minimum absolute atomic E-state index is 0.0335. The summed E-state index contributed by atoms with van der Waals surface area (Å²) < 4.78 is 5.94. The largest absolute Gasteiger partial charge is 0.445 e. The first kappa shape index (κ1) is 26.3. The van der Waals surface area contributed by atoms with Crippen LogP contribution >= 0.6 is 11.8 Å². The number of fused-ring (bicyclic) bond motifs is 1. The predicted molar refractivity (Wildman–Crippen MR) is 137 cm³/mol. The van der Waals surface area contributed by atoms with Crippen LogP contribution in [-0.2, 0) is 9.53 Å². The average Bonchev–Trinajstić information content (AvgIpc) is 3.38. The molecule has 8 heteroatoms. The molecule has 1 saturated heterocycles. The molecular formula is C27H40N2O5S. The van der Waals surface area contributed by atoms with E-state index in [4.69, 9.17) is 4.74 Å². The number of benzene rings is 1. The van der Waals surface area contributed by atoms with Crippen LogP contribution in [0, 0.1) is 22.7 Å². The highest BCUT2D eigenvalue weighted by molar-refractivity contribution is 7.98. The van der Waals surface area contributed by atoms with Crippen molar-refractivity contribution in [3.8, 4) is 0 Å². The third kappa shape index (κ3) is 5.20. The minimum Gasteiger partial charge on any atom is -0.445 e. The van der Waals surface area contributed by atoms with E-state index in [1.165, 1.54) is 0 Å². The van der Waals surface area contributed by atoms with E-state index in [1.807, 2.05) is 42.3 Å². The summed E-state index contributed by atoms with van der Waals surface area (Å²) in [5, 5.41) is 24.4. The molecule has 194 valence electrons. The minimum atomic E-state index is -0.652. The molecule has 0 radical (unpaired) electrons. The normalized spacial score (nSPS) is 34.8. The molecule has 1 aromatic carbocycles. The van der Waals surface area contributed by atoms with Gasteiger partial charge in [0.05, 0.1) is 12.7 Å². The summed E-state index contributed by atoms with van der Waals surface area (Å²) in [6.45, 7) is 5.66. The number of carbonyl (C=O) groups excluding carboxylic acids is 2. The number of hydrogen-bond donors (Lipinski definition) is 3. The standard InChI is InChI=1S/C27H40N2O5S/c1-26-12-11-23(34-25(33)28-18-7-6-8-19(15-18)35-3)27(2,17-30)22(26)10-9-21(31)20(26)16-24(32)29-13-4-5-14-29/h6-8,15,20-23,30-31H,4-5,9-14,16-17H2,1-3H3,(H,28,33). The second-order valence-corrected chi connectivity index (χ2v) is 11.9. The van der Waals surface area contributed by atoms with Crippen LogP contribution < -0.4 is 5.32 Å². The second-order valence-electron chi connectivity index (χ2n) is 11.1. The molecule has 1 aromatic rings. The van der Waals surface area contributed by atoms with Crippen molar-refractivity contribution in [2.24, 2.45) is 22.7 Å². The van der Waals surface area contributed by atoms with Crippen LogP contribution in [0.1, 0.15) is 58.8 Å². The fourth-order valence-electron chi connectivity index (χ4n) is 7.04. The number of amides is 2. The molecule has 2 amide bonds. The van der Waals surface area contributed by atoms with Crippen molar-refractivity contribution in [3.63, 3.8) is 0 Å². The lowest BCUT2D eigenvalue weighted by Gasteiger charge is -2.60. The Kier molecular flexibility index (Phi) is 8.03. The molecular weight excluding hydrogens is 464 g/mol. The van der Waals surface area contributed by atoms with Gasteiger partial charge in [0.2, 0.25) is 5.91 Å². The highest BCUT2D eigenvalue weighted by Gasteiger charge is 2.60. The molecule has 1 heterocycles. The predicted octanol–water partition coefficient (Wildman–Crippen LogP) is 4.52. The first-order valence-electron chi connectivity index (χ1n) is 12.9. The van der Waals surface area contributed by atoms with Crippen molar-refractivity contribution in [2.75, 3.05) is 31.3 Å². The van der Waals surface area contributed by atoms with E-state index in [0.29, 0.717) is 24.9 Å². The highest BCUT2D eigenvalue weighted by atomic mass is 32.2. The van der Waals surface area contributed by atoms with Gasteiger partial charge in [0.1, 0.15) is 6.10 Å². The summed E-state index contributed by atoms with van der Waals surface area (Å²) in [7, 11) is 0. The summed E-state index contributed by atoms with van der Waals surface area (Å²) in [6.07, 6.45) is 5.57. The molecule has 0 aromatic heterocycles. The van der Waals surface area contributed by atoms with Gasteiger partial charge in [-0.2, -0.15) is 0 Å². The lowest BCUT2D eigenvalue weighted by atomic mass is 9.46. The molecule has 3 fully saturated rings. The third-order valence-corrected chi connectivity index (χ3v) is 9.82. The first-order valence-corrected chi connectivity index (χ1v) is 14.1. The Labute approximate surface area is 213 Å². The molecule has 2 saturated carbocycles. The molecule has 6 atom stereocenters. The Morgan fingerprint density at radius 3 is 2.63 bits per heavy atom. The Morgan fingerprint density at radius 1 is 1.20 bits per heavy atom. The Bertz CT molecular complexity index is 923. The van der Waals surface area contributed by atoms with Gasteiger partial charge in [-0.25, -0.2) is 4.79 Å². The summed E-state index contributed by atoms with van der Waals surface area (Å²) in [5.74, 6) is -0.000201. The third-order valence-electron chi connectivity index (χ3n) is 9.09. The topological polar surface area (TPSA) is 99.1 Å². The van der Waals surface area contributed by atoms with Gasteiger partial charge < -0.3 is 19.8 Å². The van der Waals surface area contributed by atoms with E-state index >= 15 is 0 Å². The van der Waals surface area contributed by atoms with Crippen molar-refractivity contribution in [1.29, 1.82) is 0 Å². The molecule has 0 spiro atoms. The number of nitrogens with zero attached hydrogens (tertiary/aromatic N) is 1. The zero-order valence-corrected chi connectivity index (χ0v) is 22.0. The molecule has 0 bridgehead atoms. The van der Waals surface area contributed by atoms with E-state index in [9.17, 15) is 19.8 Å². The maximum atomic E-state index is 13.0. The molecule has 3 aliphatic rings. The number of nitrogens with one attached hydrogen (secondary N) is 1. The molecule has 2 aliphatic carbocycles. The summed E-state index contributed by atoms with van der Waals surface area (Å²) in [6, 6.07) is 7.60. The van der Waals surface area contributed by atoms with Crippen LogP contribution in [0.25, 0.3) is 0 Å². The van der Waals surface area contributed by atoms with Gasteiger partial charge in [-0.15, -0.1) is 11.8 Å². The van der Waals surface area contributed by atoms with Crippen LogP contribution in [0.4, 0.5) is 10.5 Å². The van der Waals surface area contributed by atoms with Crippen molar-refractivity contribution in [3.05, 3.63) is 24.3 Å². The monoisotopic (exact) mass is 504 g/mol. The maximum Gasteiger partial charge on any atom is 0.411 e. The number of thioether (sulfide) groups is 1. The number of likely N-dealkylation sites (tertiary alicyclic amines) is 1. The van der Waals surface area contributed by atoms with Gasteiger partial charge in [-0.3, -0.25) is 10.1 Å². The summed E-state index contributed by atoms with van der Waals surface area (Å²) in [4.78, 5) is 28.8. The fourth-order valence-corrected chi connectivity index (χ4v) is 7.50. The lowest BCUT2D eigenvalue weighted by Crippen LogP contribution is -2.61. The van der Waals surface area contributed by atoms with Gasteiger partial charge in [0.15, 0.2) is 0 Å². The number of ether oxygens (including phenoxy) is 1. The summed E-state index contributed by atoms with van der Waals surface area (Å²) in [5.41, 5.74) is -0.289. The van der Waals surface area contributed by atoms with Crippen molar-refractivity contribution in [2.45, 2.75) is 75.9 Å². The fraction of sp³-hybridized carbons (Fsp3) is 0.704. The molecule has 3 N–H and O–H groups in total. The van der Waals surface area contributed by atoms with E-state index in [2.05, 4.69) is 12.2 Å². The number of rotatable bonds is 6. The zero-order valence-electron chi connectivity index (χ0n) is 21.2. The van der Waals surface area contributed by atoms with Crippen molar-refractivity contribution in [1.82, 2.24) is 4.90 Å². The van der Waals surface area contributed by atoms with Gasteiger partial charge in [-0.1, -0.05) is 19.9 Å². The van der Waals surface area contributed by atoms with Crippen LogP contribution in [0.15, 0.2) is 29.2 Å². The van der Waals surface area contributed by atoms with E-state index in [-0.39, 0.29) is 29.8 Å². The molecule has 6 unspecified atom stereocenters. The smallest absolute Gasteiger partial charge is 0.411 e. The molecule has 7 nitrogen and oxygen atoms in total.